The normalized spacial score (nSPS) is 20.2. The van der Waals surface area contributed by atoms with Gasteiger partial charge in [-0.15, -0.1) is 0 Å². The first-order chi connectivity index (χ1) is 18.5. The Morgan fingerprint density at radius 2 is 1.84 bits per heavy atom. The Morgan fingerprint density at radius 1 is 1.11 bits per heavy atom. The highest BCUT2D eigenvalue weighted by molar-refractivity contribution is 5.78. The number of ether oxygens (including phenoxy) is 2. The standard InChI is InChI=1S/C26H33F2N7O3/c1-37-23(36)16-29-18-8-6-17(7-9-18)15-30-26-32-21(34-10-12-38-13-11-34)14-22(33-26)35-20-5-3-2-4-19(20)31-25(35)24(27)28/h2-5,14,17-18,24,29H,6-13,15-16H2,1H3,(H,30,32,33)/t17-,18-. The first-order valence-electron chi connectivity index (χ1n) is 13.0. The van der Waals surface area contributed by atoms with Crippen molar-refractivity contribution >= 4 is 28.8 Å². The van der Waals surface area contributed by atoms with Gasteiger partial charge < -0.3 is 25.0 Å². The van der Waals surface area contributed by atoms with Crippen molar-refractivity contribution in [3.8, 4) is 5.82 Å². The van der Waals surface area contributed by atoms with Crippen LogP contribution in [0.15, 0.2) is 30.3 Å². The Hall–Kier alpha value is -3.38. The van der Waals surface area contributed by atoms with E-state index in [0.29, 0.717) is 73.4 Å². The number of hydrogen-bond acceptors (Lipinski definition) is 9. The second-order valence-corrected chi connectivity index (χ2v) is 9.66. The lowest BCUT2D eigenvalue weighted by molar-refractivity contribution is -0.139. The van der Waals surface area contributed by atoms with Crippen molar-refractivity contribution in [1.82, 2.24) is 24.8 Å². The quantitative estimate of drug-likeness (QED) is 0.404. The minimum absolute atomic E-state index is 0.221. The largest absolute Gasteiger partial charge is 0.468 e. The van der Waals surface area contributed by atoms with Gasteiger partial charge in [-0.3, -0.25) is 9.36 Å². The van der Waals surface area contributed by atoms with E-state index in [1.807, 2.05) is 0 Å². The summed E-state index contributed by atoms with van der Waals surface area (Å²) in [5.74, 6) is 1.21. The highest BCUT2D eigenvalue weighted by Gasteiger charge is 2.25. The van der Waals surface area contributed by atoms with Crippen LogP contribution in [-0.2, 0) is 14.3 Å². The molecule has 1 saturated heterocycles. The van der Waals surface area contributed by atoms with Gasteiger partial charge in [0.2, 0.25) is 5.95 Å². The van der Waals surface area contributed by atoms with Crippen molar-refractivity contribution in [2.24, 2.45) is 5.92 Å². The molecule has 5 rings (SSSR count). The maximum Gasteiger partial charge on any atom is 0.319 e. The molecule has 3 aromatic rings. The number of nitrogens with zero attached hydrogens (tertiary/aromatic N) is 5. The van der Waals surface area contributed by atoms with Crippen molar-refractivity contribution in [2.45, 2.75) is 38.2 Å². The molecule has 0 bridgehead atoms. The summed E-state index contributed by atoms with van der Waals surface area (Å²) >= 11 is 0. The molecule has 0 atom stereocenters. The van der Waals surface area contributed by atoms with E-state index >= 15 is 0 Å². The molecule has 38 heavy (non-hydrogen) atoms. The first-order valence-corrected chi connectivity index (χ1v) is 13.0. The third-order valence-corrected chi connectivity index (χ3v) is 7.20. The molecule has 1 aliphatic heterocycles. The predicted molar refractivity (Wildman–Crippen MR) is 139 cm³/mol. The number of nitrogens with one attached hydrogen (secondary N) is 2. The van der Waals surface area contributed by atoms with Gasteiger partial charge in [0.25, 0.3) is 6.43 Å². The third-order valence-electron chi connectivity index (χ3n) is 7.20. The van der Waals surface area contributed by atoms with Crippen molar-refractivity contribution < 1.29 is 23.0 Å². The number of fused-ring (bicyclic) bond motifs is 1. The summed E-state index contributed by atoms with van der Waals surface area (Å²) in [5.41, 5.74) is 1.06. The Balaban J connectivity index is 1.36. The van der Waals surface area contributed by atoms with Gasteiger partial charge in [-0.05, 0) is 43.7 Å². The van der Waals surface area contributed by atoms with Crippen molar-refractivity contribution in [1.29, 1.82) is 0 Å². The van der Waals surface area contributed by atoms with Crippen LogP contribution in [0.25, 0.3) is 16.9 Å². The number of esters is 1. The smallest absolute Gasteiger partial charge is 0.319 e. The van der Waals surface area contributed by atoms with Crippen LogP contribution >= 0.6 is 0 Å². The van der Waals surface area contributed by atoms with Crippen LogP contribution in [0.4, 0.5) is 20.5 Å². The molecule has 12 heteroatoms. The van der Waals surface area contributed by atoms with E-state index in [9.17, 15) is 13.6 Å². The summed E-state index contributed by atoms with van der Waals surface area (Å²) < 4.78 is 39.7. The fourth-order valence-corrected chi connectivity index (χ4v) is 5.11. The molecule has 0 radical (unpaired) electrons. The Kier molecular flexibility index (Phi) is 8.28. The summed E-state index contributed by atoms with van der Waals surface area (Å²) in [6.45, 7) is 3.35. The highest BCUT2D eigenvalue weighted by atomic mass is 19.3. The monoisotopic (exact) mass is 529 g/mol. The average molecular weight is 530 g/mol. The molecule has 2 aromatic heterocycles. The second kappa shape index (κ2) is 12.0. The van der Waals surface area contributed by atoms with E-state index in [1.54, 1.807) is 30.3 Å². The number of hydrogen-bond donors (Lipinski definition) is 2. The first kappa shape index (κ1) is 26.2. The van der Waals surface area contributed by atoms with E-state index in [2.05, 4.69) is 25.5 Å². The number of aromatic nitrogens is 4. The van der Waals surface area contributed by atoms with Gasteiger partial charge in [-0.25, -0.2) is 13.8 Å². The van der Waals surface area contributed by atoms with Crippen LogP contribution < -0.4 is 15.5 Å². The molecule has 1 aromatic carbocycles. The van der Waals surface area contributed by atoms with Crippen LogP contribution in [-0.4, -0.2) is 78.0 Å². The van der Waals surface area contributed by atoms with Crippen LogP contribution in [0.1, 0.15) is 37.9 Å². The highest BCUT2D eigenvalue weighted by Crippen LogP contribution is 2.30. The van der Waals surface area contributed by atoms with Gasteiger partial charge in [-0.1, -0.05) is 12.1 Å². The fourth-order valence-electron chi connectivity index (χ4n) is 5.11. The van der Waals surface area contributed by atoms with Crippen molar-refractivity contribution in [3.63, 3.8) is 0 Å². The average Bonchev–Trinajstić information content (AvgIpc) is 3.36. The molecule has 2 N–H and O–H groups in total. The topological polar surface area (TPSA) is 106 Å². The zero-order valence-electron chi connectivity index (χ0n) is 21.4. The summed E-state index contributed by atoms with van der Waals surface area (Å²) in [7, 11) is 1.39. The molecule has 204 valence electrons. The van der Waals surface area contributed by atoms with Crippen molar-refractivity contribution in [3.05, 3.63) is 36.2 Å². The van der Waals surface area contributed by atoms with Crippen LogP contribution in [0.2, 0.25) is 0 Å². The SMILES string of the molecule is COC(=O)CN[C@H]1CC[C@H](CNc2nc(N3CCOCC3)cc(-n3c(C(F)F)nc4ccccc43)n2)CC1. The molecule has 3 heterocycles. The lowest BCUT2D eigenvalue weighted by Crippen LogP contribution is -2.38. The molecule has 10 nitrogen and oxygen atoms in total. The number of carbonyl (C=O) groups is 1. The molecule has 0 unspecified atom stereocenters. The lowest BCUT2D eigenvalue weighted by Gasteiger charge is -2.30. The van der Waals surface area contributed by atoms with E-state index in [0.717, 1.165) is 25.7 Å². The summed E-state index contributed by atoms with van der Waals surface area (Å²) in [6, 6.07) is 9.10. The molecule has 1 aliphatic carbocycles. The van der Waals surface area contributed by atoms with E-state index in [4.69, 9.17) is 14.5 Å². The molecular weight excluding hydrogens is 496 g/mol. The van der Waals surface area contributed by atoms with Gasteiger partial charge >= 0.3 is 5.97 Å². The lowest BCUT2D eigenvalue weighted by atomic mass is 9.86. The number of para-hydroxylation sites is 2. The number of methoxy groups -OCH3 is 1. The molecule has 0 amide bonds. The summed E-state index contributed by atoms with van der Waals surface area (Å²) in [4.78, 5) is 27.1. The molecule has 0 spiro atoms. The van der Waals surface area contributed by atoms with E-state index < -0.39 is 6.43 Å². The van der Waals surface area contributed by atoms with Gasteiger partial charge in [0, 0.05) is 31.7 Å². The fraction of sp³-hybridized carbons (Fsp3) is 0.538. The third kappa shape index (κ3) is 6.02. The number of halogens is 2. The van der Waals surface area contributed by atoms with Crippen LogP contribution in [0.3, 0.4) is 0 Å². The maximum atomic E-state index is 14.0. The Morgan fingerprint density at radius 3 is 2.58 bits per heavy atom. The zero-order chi connectivity index (χ0) is 26.5. The second-order valence-electron chi connectivity index (χ2n) is 9.66. The summed E-state index contributed by atoms with van der Waals surface area (Å²) in [6.07, 6.45) is 1.14. The number of anilines is 2. The maximum absolute atomic E-state index is 14.0. The number of alkyl halides is 2. The molecule has 1 saturated carbocycles. The Bertz CT molecular complexity index is 1240. The minimum atomic E-state index is -2.76. The van der Waals surface area contributed by atoms with Gasteiger partial charge in [-0.2, -0.15) is 9.97 Å². The van der Waals surface area contributed by atoms with Crippen LogP contribution in [0, 0.1) is 5.92 Å². The van der Waals surface area contributed by atoms with E-state index in [-0.39, 0.29) is 18.3 Å². The molecule has 2 fully saturated rings. The number of carbonyl (C=O) groups excluding carboxylic acids is 1. The van der Waals surface area contributed by atoms with Crippen molar-refractivity contribution in [2.75, 3.05) is 56.7 Å². The summed E-state index contributed by atoms with van der Waals surface area (Å²) in [5, 5.41) is 6.63. The number of morpholine rings is 1. The van der Waals surface area contributed by atoms with E-state index in [1.165, 1.54) is 11.7 Å². The van der Waals surface area contributed by atoms with Gasteiger partial charge in [0.05, 0.1) is 37.9 Å². The van der Waals surface area contributed by atoms with Gasteiger partial charge in [0.1, 0.15) is 11.6 Å². The minimum Gasteiger partial charge on any atom is -0.468 e. The van der Waals surface area contributed by atoms with Gasteiger partial charge in [0.15, 0.2) is 5.82 Å². The number of rotatable bonds is 9. The molecular formula is C26H33F2N7O3. The zero-order valence-corrected chi connectivity index (χ0v) is 21.4. The number of imidazole rings is 1. The predicted octanol–water partition coefficient (Wildman–Crippen LogP) is 3.32. The number of benzene rings is 1. The molecule has 2 aliphatic rings. The Labute approximate surface area is 219 Å². The van der Waals surface area contributed by atoms with Crippen LogP contribution in [0.5, 0.6) is 0 Å².